The maximum Gasteiger partial charge on any atom is 0.243 e. The van der Waals surface area contributed by atoms with Gasteiger partial charge in [-0.2, -0.15) is 4.31 Å². The first-order chi connectivity index (χ1) is 13.5. The van der Waals surface area contributed by atoms with Crippen molar-refractivity contribution in [3.05, 3.63) is 60.2 Å². The first-order valence-corrected chi connectivity index (χ1v) is 10.7. The highest BCUT2D eigenvalue weighted by molar-refractivity contribution is 7.89. The van der Waals surface area contributed by atoms with Crippen LogP contribution in [-0.2, 0) is 19.6 Å². The zero-order valence-corrected chi connectivity index (χ0v) is 16.6. The Balaban J connectivity index is 1.54. The number of nitrogens with zero attached hydrogens (tertiary/aromatic N) is 1. The fourth-order valence-corrected chi connectivity index (χ4v) is 4.36. The van der Waals surface area contributed by atoms with Crippen molar-refractivity contribution in [2.75, 3.05) is 38.2 Å². The molecular weight excluding hydrogens is 378 g/mol. The van der Waals surface area contributed by atoms with E-state index in [0.717, 1.165) is 5.56 Å². The Bertz CT molecular complexity index is 879. The summed E-state index contributed by atoms with van der Waals surface area (Å²) in [5.74, 6) is -0.188. The molecular formula is C20H25N3O4S. The summed E-state index contributed by atoms with van der Waals surface area (Å²) in [6.45, 7) is 3.67. The molecule has 1 fully saturated rings. The van der Waals surface area contributed by atoms with Crippen molar-refractivity contribution >= 4 is 21.6 Å². The molecule has 0 bridgehead atoms. The molecule has 1 atom stereocenters. The fraction of sp³-hybridized carbons (Fsp3) is 0.350. The first kappa shape index (κ1) is 20.5. The van der Waals surface area contributed by atoms with Crippen molar-refractivity contribution in [1.82, 2.24) is 9.62 Å². The molecule has 0 saturated carbocycles. The number of hydrogen-bond acceptors (Lipinski definition) is 5. The fourth-order valence-electron chi connectivity index (χ4n) is 2.96. The number of morpholine rings is 1. The van der Waals surface area contributed by atoms with Crippen LogP contribution in [0.25, 0.3) is 0 Å². The molecule has 0 spiro atoms. The minimum atomic E-state index is -3.53. The predicted octanol–water partition coefficient (Wildman–Crippen LogP) is 2.00. The van der Waals surface area contributed by atoms with Crippen molar-refractivity contribution < 1.29 is 17.9 Å². The van der Waals surface area contributed by atoms with Crippen LogP contribution in [0.5, 0.6) is 0 Å². The molecule has 1 saturated heterocycles. The van der Waals surface area contributed by atoms with E-state index in [1.165, 1.54) is 16.4 Å². The average molecular weight is 404 g/mol. The van der Waals surface area contributed by atoms with Crippen molar-refractivity contribution in [2.24, 2.45) is 0 Å². The Morgan fingerprint density at radius 3 is 2.36 bits per heavy atom. The van der Waals surface area contributed by atoms with Crippen LogP contribution in [-0.4, -0.2) is 51.5 Å². The number of carbonyl (C=O) groups is 1. The summed E-state index contributed by atoms with van der Waals surface area (Å²) in [5, 5.41) is 5.95. The number of rotatable bonds is 7. The Kier molecular flexibility index (Phi) is 6.79. The van der Waals surface area contributed by atoms with Gasteiger partial charge in [-0.05, 0) is 36.8 Å². The summed E-state index contributed by atoms with van der Waals surface area (Å²) in [6.07, 6.45) is 0. The lowest BCUT2D eigenvalue weighted by molar-refractivity contribution is -0.115. The molecule has 1 aliphatic rings. The monoisotopic (exact) mass is 403 g/mol. The zero-order valence-electron chi connectivity index (χ0n) is 15.8. The third-order valence-corrected chi connectivity index (χ3v) is 6.53. The molecule has 3 rings (SSSR count). The first-order valence-electron chi connectivity index (χ1n) is 9.23. The van der Waals surface area contributed by atoms with Gasteiger partial charge in [0.2, 0.25) is 15.9 Å². The summed E-state index contributed by atoms with van der Waals surface area (Å²) in [6, 6.07) is 16.2. The van der Waals surface area contributed by atoms with E-state index in [9.17, 15) is 13.2 Å². The highest BCUT2D eigenvalue weighted by Crippen LogP contribution is 2.19. The van der Waals surface area contributed by atoms with E-state index in [1.807, 2.05) is 37.3 Å². The van der Waals surface area contributed by atoms with Crippen molar-refractivity contribution in [2.45, 2.75) is 17.9 Å². The van der Waals surface area contributed by atoms with Crippen molar-refractivity contribution in [3.8, 4) is 0 Å². The van der Waals surface area contributed by atoms with Gasteiger partial charge in [0.25, 0.3) is 0 Å². The molecule has 0 aromatic heterocycles. The molecule has 2 aromatic rings. The van der Waals surface area contributed by atoms with E-state index in [1.54, 1.807) is 12.1 Å². The summed E-state index contributed by atoms with van der Waals surface area (Å²) in [4.78, 5) is 12.4. The Morgan fingerprint density at radius 2 is 1.71 bits per heavy atom. The molecule has 0 radical (unpaired) electrons. The lowest BCUT2D eigenvalue weighted by Gasteiger charge is -2.26. The van der Waals surface area contributed by atoms with Crippen LogP contribution in [0.1, 0.15) is 18.5 Å². The van der Waals surface area contributed by atoms with Crippen LogP contribution in [0, 0.1) is 0 Å². The molecule has 1 aliphatic heterocycles. The zero-order chi connectivity index (χ0) is 20.0. The smallest absolute Gasteiger partial charge is 0.243 e. The third-order valence-electron chi connectivity index (χ3n) is 4.61. The number of sulfonamides is 1. The topological polar surface area (TPSA) is 87.7 Å². The Labute approximate surface area is 165 Å². The number of carbonyl (C=O) groups excluding carboxylic acids is 1. The van der Waals surface area contributed by atoms with Gasteiger partial charge in [0.05, 0.1) is 24.7 Å². The van der Waals surface area contributed by atoms with Gasteiger partial charge in [0.1, 0.15) is 0 Å². The van der Waals surface area contributed by atoms with Gasteiger partial charge in [-0.25, -0.2) is 8.42 Å². The number of benzene rings is 2. The summed E-state index contributed by atoms with van der Waals surface area (Å²) in [7, 11) is -3.53. The van der Waals surface area contributed by atoms with Crippen LogP contribution >= 0.6 is 0 Å². The second-order valence-corrected chi connectivity index (χ2v) is 8.54. The van der Waals surface area contributed by atoms with Gasteiger partial charge in [-0.15, -0.1) is 0 Å². The molecule has 8 heteroatoms. The minimum absolute atomic E-state index is 0.0491. The van der Waals surface area contributed by atoms with Gasteiger partial charge < -0.3 is 15.4 Å². The third kappa shape index (κ3) is 5.17. The van der Waals surface area contributed by atoms with E-state index < -0.39 is 10.0 Å². The number of amides is 1. The van der Waals surface area contributed by atoms with Crippen LogP contribution in [0.2, 0.25) is 0 Å². The molecule has 28 heavy (non-hydrogen) atoms. The molecule has 2 aromatic carbocycles. The minimum Gasteiger partial charge on any atom is -0.379 e. The van der Waals surface area contributed by atoms with Crippen LogP contribution in [0.4, 0.5) is 5.69 Å². The van der Waals surface area contributed by atoms with E-state index in [-0.39, 0.29) is 23.4 Å². The van der Waals surface area contributed by atoms with Crippen LogP contribution in [0.15, 0.2) is 59.5 Å². The number of anilines is 1. The van der Waals surface area contributed by atoms with E-state index in [4.69, 9.17) is 4.74 Å². The lowest BCUT2D eigenvalue weighted by atomic mass is 10.1. The van der Waals surface area contributed by atoms with Gasteiger partial charge in [0, 0.05) is 24.8 Å². The highest BCUT2D eigenvalue weighted by Gasteiger charge is 2.26. The number of nitrogens with one attached hydrogen (secondary N) is 2. The standard InChI is InChI=1S/C20H25N3O4S/c1-16(17-5-3-2-4-6-17)21-15-20(24)22-18-7-9-19(10-8-18)28(25,26)23-11-13-27-14-12-23/h2-10,16,21H,11-15H2,1H3,(H,22,24)/t16-/m0/s1. The SMILES string of the molecule is C[C@H](NCC(=O)Nc1ccc(S(=O)(=O)N2CCOCC2)cc1)c1ccccc1. The number of ether oxygens (including phenoxy) is 1. The van der Waals surface area contributed by atoms with E-state index in [2.05, 4.69) is 10.6 Å². The molecule has 2 N–H and O–H groups in total. The van der Waals surface area contributed by atoms with E-state index >= 15 is 0 Å². The summed E-state index contributed by atoms with van der Waals surface area (Å²) >= 11 is 0. The van der Waals surface area contributed by atoms with Gasteiger partial charge in [-0.1, -0.05) is 30.3 Å². The predicted molar refractivity (Wildman–Crippen MR) is 108 cm³/mol. The Hall–Kier alpha value is -2.26. The normalized spacial score (nSPS) is 16.5. The van der Waals surface area contributed by atoms with Crippen molar-refractivity contribution in [1.29, 1.82) is 0 Å². The molecule has 1 amide bonds. The maximum absolute atomic E-state index is 12.6. The average Bonchev–Trinajstić information content (AvgIpc) is 2.73. The second kappa shape index (κ2) is 9.29. The van der Waals surface area contributed by atoms with Crippen molar-refractivity contribution in [3.63, 3.8) is 0 Å². The highest BCUT2D eigenvalue weighted by atomic mass is 32.2. The molecule has 7 nitrogen and oxygen atoms in total. The molecule has 1 heterocycles. The van der Waals surface area contributed by atoms with Gasteiger partial charge >= 0.3 is 0 Å². The van der Waals surface area contributed by atoms with Crippen LogP contribution in [0.3, 0.4) is 0 Å². The molecule has 0 aliphatic carbocycles. The van der Waals surface area contributed by atoms with Gasteiger partial charge in [-0.3, -0.25) is 4.79 Å². The van der Waals surface area contributed by atoms with Gasteiger partial charge in [0.15, 0.2) is 0 Å². The molecule has 150 valence electrons. The maximum atomic E-state index is 12.6. The summed E-state index contributed by atoms with van der Waals surface area (Å²) in [5.41, 5.74) is 1.66. The largest absolute Gasteiger partial charge is 0.379 e. The quantitative estimate of drug-likeness (QED) is 0.738. The lowest BCUT2D eigenvalue weighted by Crippen LogP contribution is -2.40. The Morgan fingerprint density at radius 1 is 1.07 bits per heavy atom. The van der Waals surface area contributed by atoms with Crippen LogP contribution < -0.4 is 10.6 Å². The van der Waals surface area contributed by atoms with E-state index in [0.29, 0.717) is 32.0 Å². The second-order valence-electron chi connectivity index (χ2n) is 6.60. The number of hydrogen-bond donors (Lipinski definition) is 2. The summed E-state index contributed by atoms with van der Waals surface area (Å²) < 4.78 is 31.8. The molecule has 0 unspecified atom stereocenters.